The van der Waals surface area contributed by atoms with Gasteiger partial charge < -0.3 is 19.5 Å². The molecule has 1 amide bonds. The van der Waals surface area contributed by atoms with E-state index in [1.165, 1.54) is 4.90 Å². The minimum atomic E-state index is -1.04. The zero-order chi connectivity index (χ0) is 25.7. The van der Waals surface area contributed by atoms with E-state index in [4.69, 9.17) is 21.1 Å². The monoisotopic (exact) mass is 507 g/mol. The zero-order valence-electron chi connectivity index (χ0n) is 20.5. The molecule has 0 radical (unpaired) electrons. The van der Waals surface area contributed by atoms with Crippen LogP contribution in [0.2, 0.25) is 5.02 Å². The van der Waals surface area contributed by atoms with Gasteiger partial charge in [0.1, 0.15) is 23.6 Å². The van der Waals surface area contributed by atoms with Crippen molar-refractivity contribution in [2.45, 2.75) is 44.8 Å². The Hall–Kier alpha value is -3.51. The number of rotatable bonds is 10. The summed E-state index contributed by atoms with van der Waals surface area (Å²) >= 11 is 6.01. The predicted molar refractivity (Wildman–Crippen MR) is 139 cm³/mol. The molecule has 1 heterocycles. The lowest BCUT2D eigenvalue weighted by Gasteiger charge is -2.24. The highest BCUT2D eigenvalue weighted by molar-refractivity contribution is 6.30. The van der Waals surface area contributed by atoms with Gasteiger partial charge >= 0.3 is 5.97 Å². The second-order valence-electron chi connectivity index (χ2n) is 9.47. The van der Waals surface area contributed by atoms with Crippen LogP contribution in [-0.2, 0) is 35.4 Å². The summed E-state index contributed by atoms with van der Waals surface area (Å²) in [6.07, 6.45) is 2.28. The number of carboxylic acids is 1. The number of hydrogen-bond acceptors (Lipinski definition) is 4. The molecule has 7 heteroatoms. The highest BCUT2D eigenvalue weighted by Gasteiger charge is 2.35. The Kier molecular flexibility index (Phi) is 7.85. The third kappa shape index (κ3) is 6.58. The summed E-state index contributed by atoms with van der Waals surface area (Å²) in [5.41, 5.74) is 3.78. The van der Waals surface area contributed by atoms with Gasteiger partial charge in [-0.3, -0.25) is 9.59 Å². The van der Waals surface area contributed by atoms with Crippen molar-refractivity contribution in [3.63, 3.8) is 0 Å². The van der Waals surface area contributed by atoms with Crippen molar-refractivity contribution in [2.24, 2.45) is 0 Å². The van der Waals surface area contributed by atoms with Crippen LogP contribution in [0.4, 0.5) is 0 Å². The van der Waals surface area contributed by atoms with E-state index < -0.39 is 5.97 Å². The first-order valence-corrected chi connectivity index (χ1v) is 12.3. The maximum atomic E-state index is 13.0. The van der Waals surface area contributed by atoms with Crippen molar-refractivity contribution in [3.05, 3.63) is 94.0 Å². The molecule has 188 valence electrons. The Morgan fingerprint density at radius 3 is 2.53 bits per heavy atom. The standard InChI is InChI=1S/C29H30ClNO5/c1-29(16-21-6-10-24(30)11-7-21)17-23-14-20(8-12-26(23)36-29)9-13-27(32)31(19-28(33)34)18-22-4-3-5-25(15-22)35-2/h3-8,10-12,14-15H,9,13,16-19H2,1-2H3,(H,33,34)/t29-/m0/s1. The lowest BCUT2D eigenvalue weighted by atomic mass is 9.91. The van der Waals surface area contributed by atoms with E-state index in [2.05, 4.69) is 13.0 Å². The summed E-state index contributed by atoms with van der Waals surface area (Å²) in [6, 6.07) is 21.2. The number of aliphatic carboxylic acids is 1. The third-order valence-corrected chi connectivity index (χ3v) is 6.60. The van der Waals surface area contributed by atoms with E-state index in [0.29, 0.717) is 17.2 Å². The number of halogens is 1. The number of methoxy groups -OCH3 is 1. The third-order valence-electron chi connectivity index (χ3n) is 6.35. The SMILES string of the molecule is COc1cccc(CN(CC(=O)O)C(=O)CCc2ccc3c(c2)C[C@](C)(Cc2ccc(Cl)cc2)O3)c1. The van der Waals surface area contributed by atoms with Crippen molar-refractivity contribution in [2.75, 3.05) is 13.7 Å². The number of carbonyl (C=O) groups is 2. The van der Waals surface area contributed by atoms with E-state index in [0.717, 1.165) is 40.8 Å². The minimum Gasteiger partial charge on any atom is -0.497 e. The number of amides is 1. The summed E-state index contributed by atoms with van der Waals surface area (Å²) in [6.45, 7) is 1.97. The molecule has 3 aromatic rings. The van der Waals surface area contributed by atoms with Crippen LogP contribution in [0.25, 0.3) is 0 Å². The number of hydrogen-bond donors (Lipinski definition) is 1. The molecule has 6 nitrogen and oxygen atoms in total. The predicted octanol–water partition coefficient (Wildman–Crippen LogP) is 5.33. The molecule has 0 fully saturated rings. The Morgan fingerprint density at radius 2 is 1.81 bits per heavy atom. The summed E-state index contributed by atoms with van der Waals surface area (Å²) in [7, 11) is 1.57. The molecule has 1 aliphatic heterocycles. The molecule has 36 heavy (non-hydrogen) atoms. The summed E-state index contributed by atoms with van der Waals surface area (Å²) < 4.78 is 11.5. The number of carbonyl (C=O) groups excluding carboxylic acids is 1. The van der Waals surface area contributed by atoms with Gasteiger partial charge in [0.2, 0.25) is 5.91 Å². The van der Waals surface area contributed by atoms with Gasteiger partial charge in [0, 0.05) is 30.8 Å². The van der Waals surface area contributed by atoms with Gasteiger partial charge in [0.15, 0.2) is 0 Å². The normalized spacial score (nSPS) is 16.2. The number of nitrogens with zero attached hydrogens (tertiary/aromatic N) is 1. The van der Waals surface area contributed by atoms with Gasteiger partial charge in [-0.15, -0.1) is 0 Å². The Balaban J connectivity index is 1.38. The average molecular weight is 508 g/mol. The molecule has 0 unspecified atom stereocenters. The van der Waals surface area contributed by atoms with Gasteiger partial charge in [-0.05, 0) is 65.9 Å². The topological polar surface area (TPSA) is 76.1 Å². The lowest BCUT2D eigenvalue weighted by Crippen LogP contribution is -2.35. The van der Waals surface area contributed by atoms with Gasteiger partial charge in [-0.1, -0.05) is 48.0 Å². The number of ether oxygens (including phenoxy) is 2. The molecular weight excluding hydrogens is 478 g/mol. The van der Waals surface area contributed by atoms with Crippen LogP contribution in [0, 0.1) is 0 Å². The molecule has 1 N–H and O–H groups in total. The highest BCUT2D eigenvalue weighted by atomic mass is 35.5. The summed E-state index contributed by atoms with van der Waals surface area (Å²) in [4.78, 5) is 25.7. The number of fused-ring (bicyclic) bond motifs is 1. The molecule has 3 aromatic carbocycles. The van der Waals surface area contributed by atoms with E-state index in [1.54, 1.807) is 7.11 Å². The minimum absolute atomic E-state index is 0.204. The van der Waals surface area contributed by atoms with E-state index in [-0.39, 0.29) is 31.0 Å². The highest BCUT2D eigenvalue weighted by Crippen LogP contribution is 2.37. The molecule has 1 atom stereocenters. The van der Waals surface area contributed by atoms with Gasteiger partial charge in [-0.2, -0.15) is 0 Å². The quantitative estimate of drug-likeness (QED) is 0.401. The Morgan fingerprint density at radius 1 is 1.06 bits per heavy atom. The van der Waals surface area contributed by atoms with E-state index in [9.17, 15) is 14.7 Å². The van der Waals surface area contributed by atoms with Crippen LogP contribution in [-0.4, -0.2) is 41.1 Å². The van der Waals surface area contributed by atoms with Crippen molar-refractivity contribution in [1.82, 2.24) is 4.90 Å². The average Bonchev–Trinajstić information content (AvgIpc) is 3.18. The number of aryl methyl sites for hydroxylation is 1. The van der Waals surface area contributed by atoms with Gasteiger partial charge in [0.25, 0.3) is 0 Å². The van der Waals surface area contributed by atoms with Crippen LogP contribution in [0.3, 0.4) is 0 Å². The molecule has 1 aliphatic rings. The van der Waals surface area contributed by atoms with Crippen molar-refractivity contribution in [3.8, 4) is 11.5 Å². The molecule has 0 bridgehead atoms. The van der Waals surface area contributed by atoms with Crippen LogP contribution in [0.1, 0.15) is 35.6 Å². The zero-order valence-corrected chi connectivity index (χ0v) is 21.3. The molecular formula is C29H30ClNO5. The molecule has 4 rings (SSSR count). The molecule has 0 aromatic heterocycles. The van der Waals surface area contributed by atoms with Crippen molar-refractivity contribution >= 4 is 23.5 Å². The Bertz CT molecular complexity index is 1240. The van der Waals surface area contributed by atoms with Crippen LogP contribution in [0.15, 0.2) is 66.7 Å². The van der Waals surface area contributed by atoms with E-state index in [1.807, 2.05) is 60.7 Å². The maximum Gasteiger partial charge on any atom is 0.323 e. The summed E-state index contributed by atoms with van der Waals surface area (Å²) in [5.74, 6) is 0.288. The number of benzene rings is 3. The fourth-order valence-corrected chi connectivity index (χ4v) is 4.79. The molecule has 0 aliphatic carbocycles. The Labute approximate surface area is 216 Å². The molecule has 0 spiro atoms. The van der Waals surface area contributed by atoms with Crippen LogP contribution < -0.4 is 9.47 Å². The van der Waals surface area contributed by atoms with Gasteiger partial charge in [-0.25, -0.2) is 0 Å². The lowest BCUT2D eigenvalue weighted by molar-refractivity contribution is -0.144. The van der Waals surface area contributed by atoms with E-state index >= 15 is 0 Å². The largest absolute Gasteiger partial charge is 0.497 e. The fourth-order valence-electron chi connectivity index (χ4n) is 4.66. The second kappa shape index (κ2) is 11.0. The maximum absolute atomic E-state index is 13.0. The van der Waals surface area contributed by atoms with Crippen LogP contribution in [0.5, 0.6) is 11.5 Å². The van der Waals surface area contributed by atoms with Crippen molar-refractivity contribution in [1.29, 1.82) is 0 Å². The van der Waals surface area contributed by atoms with Crippen LogP contribution >= 0.6 is 11.6 Å². The first-order valence-electron chi connectivity index (χ1n) is 11.9. The molecule has 0 saturated heterocycles. The second-order valence-corrected chi connectivity index (χ2v) is 9.91. The van der Waals surface area contributed by atoms with Gasteiger partial charge in [0.05, 0.1) is 7.11 Å². The molecule has 0 saturated carbocycles. The smallest absolute Gasteiger partial charge is 0.323 e. The fraction of sp³-hybridized carbons (Fsp3) is 0.310. The number of carboxylic acid groups (broad SMARTS) is 1. The van der Waals surface area contributed by atoms with Crippen molar-refractivity contribution < 1.29 is 24.2 Å². The summed E-state index contributed by atoms with van der Waals surface area (Å²) in [5, 5.41) is 10.0. The first-order chi connectivity index (χ1) is 17.2. The first kappa shape index (κ1) is 25.6.